The lowest BCUT2D eigenvalue weighted by molar-refractivity contribution is -0.141. The third kappa shape index (κ3) is 8.43. The summed E-state index contributed by atoms with van der Waals surface area (Å²) in [5, 5.41) is 0. The van der Waals surface area contributed by atoms with Crippen LogP contribution in [-0.4, -0.2) is 19.2 Å². The van der Waals surface area contributed by atoms with E-state index in [1.807, 2.05) is 32.9 Å². The SMILES string of the molecule is C=C(OCC(C)(C)C)/C(=C/c1ccc(N)cc1)C(=O)OCC(C)(C)C. The fourth-order valence-corrected chi connectivity index (χ4v) is 1.75. The number of esters is 1. The molecule has 0 saturated carbocycles. The second kappa shape index (κ2) is 8.24. The molecule has 0 fully saturated rings. The molecule has 4 nitrogen and oxygen atoms in total. The Morgan fingerprint density at radius 3 is 1.96 bits per heavy atom. The van der Waals surface area contributed by atoms with Crippen LogP contribution in [0.4, 0.5) is 5.69 Å². The molecular weight excluding hydrogens is 314 g/mol. The zero-order valence-electron chi connectivity index (χ0n) is 16.3. The number of rotatable bonds is 6. The second-order valence-corrected chi connectivity index (χ2v) is 8.63. The van der Waals surface area contributed by atoms with Crippen molar-refractivity contribution in [2.24, 2.45) is 10.8 Å². The first kappa shape index (κ1) is 20.8. The van der Waals surface area contributed by atoms with Crippen molar-refractivity contribution >= 4 is 17.7 Å². The van der Waals surface area contributed by atoms with Crippen LogP contribution in [-0.2, 0) is 14.3 Å². The van der Waals surface area contributed by atoms with Gasteiger partial charge in [0.25, 0.3) is 0 Å². The lowest BCUT2D eigenvalue weighted by Crippen LogP contribution is -2.21. The number of hydrogen-bond acceptors (Lipinski definition) is 4. The first-order valence-electron chi connectivity index (χ1n) is 8.44. The van der Waals surface area contributed by atoms with Gasteiger partial charge in [-0.1, -0.05) is 60.3 Å². The quantitative estimate of drug-likeness (QED) is 0.264. The molecule has 0 radical (unpaired) electrons. The van der Waals surface area contributed by atoms with Gasteiger partial charge in [0.15, 0.2) is 0 Å². The Bertz CT molecular complexity index is 597. The zero-order valence-corrected chi connectivity index (χ0v) is 16.3. The van der Waals surface area contributed by atoms with E-state index >= 15 is 0 Å². The number of hydrogen-bond donors (Lipinski definition) is 1. The van der Waals surface area contributed by atoms with Crippen LogP contribution in [0.3, 0.4) is 0 Å². The number of benzene rings is 1. The van der Waals surface area contributed by atoms with E-state index in [1.165, 1.54) is 0 Å². The summed E-state index contributed by atoms with van der Waals surface area (Å²) < 4.78 is 11.2. The summed E-state index contributed by atoms with van der Waals surface area (Å²) in [6.45, 7) is 16.9. The van der Waals surface area contributed by atoms with E-state index < -0.39 is 5.97 Å². The van der Waals surface area contributed by atoms with E-state index in [0.29, 0.717) is 30.2 Å². The highest BCUT2D eigenvalue weighted by molar-refractivity contribution is 5.97. The highest BCUT2D eigenvalue weighted by Crippen LogP contribution is 2.22. The summed E-state index contributed by atoms with van der Waals surface area (Å²) in [4.78, 5) is 12.6. The number of carbonyl (C=O) groups excluding carboxylic acids is 1. The monoisotopic (exact) mass is 345 g/mol. The van der Waals surface area contributed by atoms with Gasteiger partial charge in [-0.25, -0.2) is 4.79 Å². The van der Waals surface area contributed by atoms with Crippen molar-refractivity contribution in [2.75, 3.05) is 18.9 Å². The molecule has 0 heterocycles. The Morgan fingerprint density at radius 2 is 1.48 bits per heavy atom. The minimum absolute atomic E-state index is 0.0371. The molecule has 0 bridgehead atoms. The lowest BCUT2D eigenvalue weighted by atomic mass is 9.98. The number of anilines is 1. The highest BCUT2D eigenvalue weighted by atomic mass is 16.5. The van der Waals surface area contributed by atoms with Gasteiger partial charge in [-0.05, 0) is 34.6 Å². The average molecular weight is 345 g/mol. The van der Waals surface area contributed by atoms with Gasteiger partial charge in [-0.3, -0.25) is 0 Å². The first-order chi connectivity index (χ1) is 11.4. The maximum atomic E-state index is 12.6. The normalized spacial score (nSPS) is 12.6. The fourth-order valence-electron chi connectivity index (χ4n) is 1.75. The van der Waals surface area contributed by atoms with Crippen LogP contribution in [0.5, 0.6) is 0 Å². The average Bonchev–Trinajstić information content (AvgIpc) is 2.48. The molecule has 0 unspecified atom stereocenters. The first-order valence-corrected chi connectivity index (χ1v) is 8.44. The van der Waals surface area contributed by atoms with Gasteiger partial charge >= 0.3 is 5.97 Å². The third-order valence-electron chi connectivity index (χ3n) is 3.08. The fraction of sp³-hybridized carbons (Fsp3) is 0.476. The summed E-state index contributed by atoms with van der Waals surface area (Å²) in [6.07, 6.45) is 1.72. The van der Waals surface area contributed by atoms with E-state index in [0.717, 1.165) is 5.56 Å². The third-order valence-corrected chi connectivity index (χ3v) is 3.08. The van der Waals surface area contributed by atoms with Gasteiger partial charge in [0.1, 0.15) is 11.3 Å². The topological polar surface area (TPSA) is 61.5 Å². The lowest BCUT2D eigenvalue weighted by Gasteiger charge is -2.22. The number of nitrogens with two attached hydrogens (primary N) is 1. The van der Waals surface area contributed by atoms with Crippen LogP contribution in [0.25, 0.3) is 6.08 Å². The molecule has 0 spiro atoms. The summed E-state index contributed by atoms with van der Waals surface area (Å²) >= 11 is 0. The molecule has 0 saturated heterocycles. The molecule has 1 aromatic rings. The Kier molecular flexibility index (Phi) is 6.86. The maximum Gasteiger partial charge on any atom is 0.341 e. The van der Waals surface area contributed by atoms with E-state index in [2.05, 4.69) is 27.4 Å². The summed E-state index contributed by atoms with van der Waals surface area (Å²) in [7, 11) is 0. The van der Waals surface area contributed by atoms with Gasteiger partial charge in [-0.2, -0.15) is 0 Å². The molecule has 0 aliphatic carbocycles. The van der Waals surface area contributed by atoms with Crippen LogP contribution < -0.4 is 5.73 Å². The Hall–Kier alpha value is -2.23. The van der Waals surface area contributed by atoms with Crippen LogP contribution in [0, 0.1) is 10.8 Å². The molecule has 0 aromatic heterocycles. The van der Waals surface area contributed by atoms with Gasteiger partial charge in [0.05, 0.1) is 13.2 Å². The molecule has 1 rings (SSSR count). The van der Waals surface area contributed by atoms with E-state index in [-0.39, 0.29) is 10.8 Å². The maximum absolute atomic E-state index is 12.6. The van der Waals surface area contributed by atoms with Crippen LogP contribution >= 0.6 is 0 Å². The van der Waals surface area contributed by atoms with Crippen molar-refractivity contribution in [3.05, 3.63) is 47.7 Å². The molecule has 0 aliphatic rings. The molecule has 0 atom stereocenters. The molecule has 25 heavy (non-hydrogen) atoms. The highest BCUT2D eigenvalue weighted by Gasteiger charge is 2.21. The Morgan fingerprint density at radius 1 is 1.00 bits per heavy atom. The minimum Gasteiger partial charge on any atom is -0.493 e. The van der Waals surface area contributed by atoms with Crippen molar-refractivity contribution in [3.8, 4) is 0 Å². The van der Waals surface area contributed by atoms with Crippen molar-refractivity contribution < 1.29 is 14.3 Å². The molecule has 4 heteroatoms. The minimum atomic E-state index is -0.439. The second-order valence-electron chi connectivity index (χ2n) is 8.63. The number of carbonyl (C=O) groups is 1. The molecule has 138 valence electrons. The number of ether oxygens (including phenoxy) is 2. The zero-order chi connectivity index (χ0) is 19.3. The number of nitrogen functional groups attached to an aromatic ring is 1. The summed E-state index contributed by atoms with van der Waals surface area (Å²) in [5.74, 6) is -0.128. The smallest absolute Gasteiger partial charge is 0.341 e. The molecule has 0 aliphatic heterocycles. The predicted molar refractivity (Wildman–Crippen MR) is 104 cm³/mol. The summed E-state index contributed by atoms with van der Waals surface area (Å²) in [5.41, 5.74) is 7.37. The largest absolute Gasteiger partial charge is 0.493 e. The Balaban J connectivity index is 3.02. The van der Waals surface area contributed by atoms with Crippen LogP contribution in [0.2, 0.25) is 0 Å². The Labute approximate surface area is 151 Å². The van der Waals surface area contributed by atoms with E-state index in [9.17, 15) is 4.79 Å². The van der Waals surface area contributed by atoms with Crippen LogP contribution in [0.1, 0.15) is 47.1 Å². The van der Waals surface area contributed by atoms with Crippen molar-refractivity contribution in [1.82, 2.24) is 0 Å². The van der Waals surface area contributed by atoms with Gasteiger partial charge in [-0.15, -0.1) is 0 Å². The van der Waals surface area contributed by atoms with Crippen LogP contribution in [0.15, 0.2) is 42.2 Å². The van der Waals surface area contributed by atoms with Crippen molar-refractivity contribution in [3.63, 3.8) is 0 Å². The van der Waals surface area contributed by atoms with Crippen molar-refractivity contribution in [2.45, 2.75) is 41.5 Å². The summed E-state index contributed by atoms with van der Waals surface area (Å²) in [6, 6.07) is 7.23. The predicted octanol–water partition coefficient (Wildman–Crippen LogP) is 4.82. The van der Waals surface area contributed by atoms with Crippen molar-refractivity contribution in [1.29, 1.82) is 0 Å². The molecule has 1 aromatic carbocycles. The van der Waals surface area contributed by atoms with Gasteiger partial charge in [0, 0.05) is 5.69 Å². The van der Waals surface area contributed by atoms with E-state index in [4.69, 9.17) is 15.2 Å². The molecule has 0 amide bonds. The standard InChI is InChI=1S/C21H31NO3/c1-15(24-13-20(2,3)4)18(19(23)25-14-21(5,6)7)12-16-8-10-17(22)11-9-16/h8-12H,1,13-14,22H2,2-7H3/b18-12-. The van der Waals surface area contributed by atoms with Gasteiger partial charge < -0.3 is 15.2 Å². The van der Waals surface area contributed by atoms with Gasteiger partial charge in [0.2, 0.25) is 0 Å². The molecular formula is C21H31NO3. The molecule has 2 N–H and O–H groups in total. The van der Waals surface area contributed by atoms with E-state index in [1.54, 1.807) is 18.2 Å².